The zero-order valence-corrected chi connectivity index (χ0v) is 16.4. The van der Waals surface area contributed by atoms with Crippen LogP contribution in [0.4, 0.5) is 24.5 Å². The molecular weight excluding hydrogens is 417 g/mol. The van der Waals surface area contributed by atoms with Gasteiger partial charge in [-0.1, -0.05) is 6.07 Å². The minimum Gasteiger partial charge on any atom is -0.457 e. The number of ether oxygens (including phenoxy) is 1. The van der Waals surface area contributed by atoms with Crippen molar-refractivity contribution in [2.45, 2.75) is 26.1 Å². The van der Waals surface area contributed by atoms with Crippen LogP contribution in [0.1, 0.15) is 24.2 Å². The van der Waals surface area contributed by atoms with Crippen molar-refractivity contribution < 1.29 is 27.6 Å². The van der Waals surface area contributed by atoms with Crippen molar-refractivity contribution in [2.75, 3.05) is 5.32 Å². The molecule has 1 aromatic heterocycles. The van der Waals surface area contributed by atoms with Gasteiger partial charge in [-0.15, -0.1) is 0 Å². The van der Waals surface area contributed by atoms with Crippen LogP contribution in [0.15, 0.2) is 54.7 Å². The van der Waals surface area contributed by atoms with E-state index in [9.17, 15) is 28.1 Å². The lowest BCUT2D eigenvalue weighted by Gasteiger charge is -2.14. The van der Waals surface area contributed by atoms with Crippen molar-refractivity contribution in [2.24, 2.45) is 0 Å². The third-order valence-corrected chi connectivity index (χ3v) is 4.28. The van der Waals surface area contributed by atoms with Crippen molar-refractivity contribution >= 4 is 17.3 Å². The summed E-state index contributed by atoms with van der Waals surface area (Å²) in [5.41, 5.74) is -0.557. The molecule has 0 aliphatic heterocycles. The van der Waals surface area contributed by atoms with Gasteiger partial charge in [0, 0.05) is 18.3 Å². The Morgan fingerprint density at radius 3 is 2.55 bits per heavy atom. The second kappa shape index (κ2) is 8.46. The highest BCUT2D eigenvalue weighted by Gasteiger charge is 2.30. The van der Waals surface area contributed by atoms with E-state index >= 15 is 0 Å². The van der Waals surface area contributed by atoms with Crippen LogP contribution in [0.5, 0.6) is 11.5 Å². The summed E-state index contributed by atoms with van der Waals surface area (Å²) in [6.07, 6.45) is -2.95. The van der Waals surface area contributed by atoms with Gasteiger partial charge in [-0.3, -0.25) is 19.6 Å². The van der Waals surface area contributed by atoms with Gasteiger partial charge in [-0.05, 0) is 38.1 Å². The maximum Gasteiger partial charge on any atom is 0.416 e. The molecule has 0 bridgehead atoms. The third-order valence-electron chi connectivity index (χ3n) is 4.28. The van der Waals surface area contributed by atoms with E-state index in [2.05, 4.69) is 10.4 Å². The number of nitro groups is 1. The molecule has 0 aliphatic rings. The van der Waals surface area contributed by atoms with Crippen LogP contribution in [0, 0.1) is 17.0 Å². The molecule has 11 heteroatoms. The number of benzene rings is 2. The summed E-state index contributed by atoms with van der Waals surface area (Å²) in [4.78, 5) is 23.1. The zero-order valence-electron chi connectivity index (χ0n) is 16.4. The summed E-state index contributed by atoms with van der Waals surface area (Å²) < 4.78 is 45.5. The number of halogens is 3. The van der Waals surface area contributed by atoms with Crippen molar-refractivity contribution in [1.82, 2.24) is 9.78 Å². The summed E-state index contributed by atoms with van der Waals surface area (Å²) >= 11 is 0. The Morgan fingerprint density at radius 2 is 1.94 bits per heavy atom. The molecule has 162 valence electrons. The van der Waals surface area contributed by atoms with Gasteiger partial charge in [0.25, 0.3) is 5.69 Å². The molecular formula is C20H17F3N4O4. The molecule has 0 fully saturated rings. The lowest BCUT2D eigenvalue weighted by molar-refractivity contribution is -0.384. The van der Waals surface area contributed by atoms with E-state index in [0.29, 0.717) is 5.69 Å². The molecule has 31 heavy (non-hydrogen) atoms. The number of carbonyl (C=O) groups is 1. The number of anilines is 1. The smallest absolute Gasteiger partial charge is 0.416 e. The van der Waals surface area contributed by atoms with Gasteiger partial charge in [0.1, 0.15) is 17.5 Å². The fraction of sp³-hybridized carbons (Fsp3) is 0.200. The van der Waals surface area contributed by atoms with Crippen LogP contribution >= 0.6 is 0 Å². The molecule has 1 unspecified atom stereocenters. The maximum absolute atomic E-state index is 12.9. The van der Waals surface area contributed by atoms with Crippen LogP contribution in [-0.4, -0.2) is 20.6 Å². The molecule has 8 nitrogen and oxygen atoms in total. The summed E-state index contributed by atoms with van der Waals surface area (Å²) in [7, 11) is 0. The van der Waals surface area contributed by atoms with E-state index < -0.39 is 34.3 Å². The number of aryl methyl sites for hydroxylation is 1. The molecule has 2 aromatic carbocycles. The van der Waals surface area contributed by atoms with Crippen molar-refractivity contribution in [3.05, 3.63) is 76.1 Å². The largest absolute Gasteiger partial charge is 0.457 e. The first-order valence-corrected chi connectivity index (χ1v) is 9.00. The predicted molar refractivity (Wildman–Crippen MR) is 105 cm³/mol. The highest BCUT2D eigenvalue weighted by molar-refractivity contribution is 5.94. The van der Waals surface area contributed by atoms with E-state index in [0.717, 1.165) is 30.3 Å². The lowest BCUT2D eigenvalue weighted by atomic mass is 10.2. The van der Waals surface area contributed by atoms with Crippen LogP contribution in [0.3, 0.4) is 0 Å². The van der Waals surface area contributed by atoms with Gasteiger partial charge in [0.2, 0.25) is 5.91 Å². The topological polar surface area (TPSA) is 99.3 Å². The maximum atomic E-state index is 12.9. The van der Waals surface area contributed by atoms with Crippen molar-refractivity contribution in [1.29, 1.82) is 0 Å². The first-order chi connectivity index (χ1) is 14.5. The van der Waals surface area contributed by atoms with Gasteiger partial charge < -0.3 is 10.1 Å². The number of alkyl halides is 3. The quantitative estimate of drug-likeness (QED) is 0.429. The fourth-order valence-corrected chi connectivity index (χ4v) is 2.71. The predicted octanol–water partition coefficient (Wildman–Crippen LogP) is 5.11. The monoisotopic (exact) mass is 434 g/mol. The molecule has 1 N–H and O–H groups in total. The second-order valence-electron chi connectivity index (χ2n) is 6.70. The number of rotatable bonds is 6. The standard InChI is InChI=1S/C20H17F3N4O4/c1-12-6-7-26(25-12)13(2)19(28)24-15-9-16(27(29)30)11-18(10-15)31-17-5-3-4-14(8-17)20(21,22)23/h3-11,13H,1-2H3,(H,24,28). The number of hydrogen-bond donors (Lipinski definition) is 1. The van der Waals surface area contributed by atoms with Gasteiger partial charge in [-0.2, -0.15) is 18.3 Å². The molecule has 3 rings (SSSR count). The molecule has 0 spiro atoms. The number of hydrogen-bond acceptors (Lipinski definition) is 5. The molecule has 0 saturated carbocycles. The molecule has 0 aliphatic carbocycles. The molecule has 3 aromatic rings. The van der Waals surface area contributed by atoms with E-state index in [1.165, 1.54) is 16.8 Å². The average molecular weight is 434 g/mol. The summed E-state index contributed by atoms with van der Waals surface area (Å²) in [5.74, 6) is -0.756. The number of nitrogens with zero attached hydrogens (tertiary/aromatic N) is 3. The molecule has 0 saturated heterocycles. The Bertz CT molecular complexity index is 1130. The minimum absolute atomic E-state index is 0.0527. The highest BCUT2D eigenvalue weighted by atomic mass is 19.4. The Labute approximate surface area is 174 Å². The normalized spacial score (nSPS) is 12.3. The number of carbonyl (C=O) groups excluding carboxylic acids is 1. The summed E-state index contributed by atoms with van der Waals surface area (Å²) in [6, 6.07) is 8.57. The highest BCUT2D eigenvalue weighted by Crippen LogP contribution is 2.34. The van der Waals surface area contributed by atoms with Gasteiger partial charge >= 0.3 is 6.18 Å². The first-order valence-electron chi connectivity index (χ1n) is 9.00. The number of amides is 1. The molecule has 1 heterocycles. The van der Waals surface area contributed by atoms with Crippen LogP contribution in [0.25, 0.3) is 0 Å². The summed E-state index contributed by atoms with van der Waals surface area (Å²) in [5, 5.41) is 18.0. The van der Waals surface area contributed by atoms with E-state index in [1.54, 1.807) is 26.1 Å². The van der Waals surface area contributed by atoms with Crippen LogP contribution in [-0.2, 0) is 11.0 Å². The van der Waals surface area contributed by atoms with Gasteiger partial charge in [0.15, 0.2) is 0 Å². The van der Waals surface area contributed by atoms with E-state index in [1.807, 2.05) is 0 Å². The number of non-ortho nitro benzene ring substituents is 1. The Balaban J connectivity index is 1.86. The Kier molecular flexibility index (Phi) is 5.95. The Morgan fingerprint density at radius 1 is 1.19 bits per heavy atom. The van der Waals surface area contributed by atoms with Gasteiger partial charge in [-0.25, -0.2) is 0 Å². The molecule has 1 atom stereocenters. The first kappa shape index (κ1) is 21.8. The fourth-order valence-electron chi connectivity index (χ4n) is 2.71. The molecule has 0 radical (unpaired) electrons. The third kappa shape index (κ3) is 5.38. The van der Waals surface area contributed by atoms with Crippen molar-refractivity contribution in [3.63, 3.8) is 0 Å². The lowest BCUT2D eigenvalue weighted by Crippen LogP contribution is -2.24. The van der Waals surface area contributed by atoms with Crippen LogP contribution < -0.4 is 10.1 Å². The number of aromatic nitrogens is 2. The van der Waals surface area contributed by atoms with E-state index in [4.69, 9.17) is 4.74 Å². The SMILES string of the molecule is Cc1ccn(C(C)C(=O)Nc2cc(Oc3cccc(C(F)(F)F)c3)cc([N+](=O)[O-])c2)n1. The average Bonchev–Trinajstić information content (AvgIpc) is 3.13. The van der Waals surface area contributed by atoms with E-state index in [-0.39, 0.29) is 17.2 Å². The summed E-state index contributed by atoms with van der Waals surface area (Å²) in [6.45, 7) is 3.36. The van der Waals surface area contributed by atoms with Gasteiger partial charge in [0.05, 0.1) is 27.9 Å². The molecule has 1 amide bonds. The van der Waals surface area contributed by atoms with Crippen molar-refractivity contribution in [3.8, 4) is 11.5 Å². The van der Waals surface area contributed by atoms with Crippen LogP contribution in [0.2, 0.25) is 0 Å². The minimum atomic E-state index is -4.57. The number of nitro benzene ring substituents is 1. The second-order valence-corrected chi connectivity index (χ2v) is 6.70. The number of nitrogens with one attached hydrogen (secondary N) is 1. The Hall–Kier alpha value is -3.89. The zero-order chi connectivity index (χ0) is 22.8.